The standard InChI is InChI=1S/C16H15NO/c1-2-17-15-9-8-13(10-14(15)11-16(17)18)12-6-4-3-5-7-12/h3-10H,2,11H2,1H3. The van der Waals surface area contributed by atoms with Crippen molar-refractivity contribution in [3.63, 3.8) is 0 Å². The number of fused-ring (bicyclic) bond motifs is 1. The van der Waals surface area contributed by atoms with Gasteiger partial charge in [0.25, 0.3) is 0 Å². The van der Waals surface area contributed by atoms with Crippen LogP contribution in [0.1, 0.15) is 12.5 Å². The maximum atomic E-state index is 11.8. The maximum absolute atomic E-state index is 11.8. The lowest BCUT2D eigenvalue weighted by atomic mass is 10.0. The second-order valence-corrected chi connectivity index (χ2v) is 4.52. The van der Waals surface area contributed by atoms with Gasteiger partial charge in [0.2, 0.25) is 5.91 Å². The SMILES string of the molecule is CCN1C(=O)Cc2cc(-c3ccccc3)ccc21. The van der Waals surface area contributed by atoms with E-state index in [1.807, 2.05) is 30.0 Å². The van der Waals surface area contributed by atoms with Crippen LogP contribution in [0.25, 0.3) is 11.1 Å². The number of likely N-dealkylation sites (N-methyl/N-ethyl adjacent to an activating group) is 1. The molecule has 90 valence electrons. The number of amides is 1. The largest absolute Gasteiger partial charge is 0.312 e. The fraction of sp³-hybridized carbons (Fsp3) is 0.188. The van der Waals surface area contributed by atoms with Gasteiger partial charge in [0.05, 0.1) is 6.42 Å². The summed E-state index contributed by atoms with van der Waals surface area (Å²) < 4.78 is 0. The highest BCUT2D eigenvalue weighted by Gasteiger charge is 2.25. The highest BCUT2D eigenvalue weighted by atomic mass is 16.2. The van der Waals surface area contributed by atoms with Crippen molar-refractivity contribution in [2.45, 2.75) is 13.3 Å². The first kappa shape index (κ1) is 11.0. The van der Waals surface area contributed by atoms with Crippen molar-refractivity contribution in [2.24, 2.45) is 0 Å². The molecular formula is C16H15NO. The third-order valence-corrected chi connectivity index (χ3v) is 3.44. The molecule has 0 N–H and O–H groups in total. The Morgan fingerprint density at radius 1 is 1.06 bits per heavy atom. The first-order chi connectivity index (χ1) is 8.79. The minimum atomic E-state index is 0.206. The molecule has 3 rings (SSSR count). The van der Waals surface area contributed by atoms with Crippen molar-refractivity contribution in [1.82, 2.24) is 0 Å². The smallest absolute Gasteiger partial charge is 0.231 e. The molecule has 0 unspecified atom stereocenters. The summed E-state index contributed by atoms with van der Waals surface area (Å²) >= 11 is 0. The molecule has 0 aliphatic carbocycles. The van der Waals surface area contributed by atoms with Gasteiger partial charge >= 0.3 is 0 Å². The van der Waals surface area contributed by atoms with Crippen molar-refractivity contribution in [1.29, 1.82) is 0 Å². The van der Waals surface area contributed by atoms with Crippen molar-refractivity contribution in [3.05, 3.63) is 54.1 Å². The maximum Gasteiger partial charge on any atom is 0.231 e. The van der Waals surface area contributed by atoms with Gasteiger partial charge in [-0.15, -0.1) is 0 Å². The van der Waals surface area contributed by atoms with Crippen LogP contribution in [0.4, 0.5) is 5.69 Å². The average Bonchev–Trinajstić information content (AvgIpc) is 2.74. The molecule has 0 saturated carbocycles. The van der Waals surface area contributed by atoms with Gasteiger partial charge in [0.1, 0.15) is 0 Å². The average molecular weight is 237 g/mol. The first-order valence-electron chi connectivity index (χ1n) is 6.28. The third-order valence-electron chi connectivity index (χ3n) is 3.44. The Labute approximate surface area is 107 Å². The van der Waals surface area contributed by atoms with E-state index in [1.54, 1.807) is 0 Å². The minimum Gasteiger partial charge on any atom is -0.312 e. The van der Waals surface area contributed by atoms with Gasteiger partial charge in [-0.1, -0.05) is 36.4 Å². The van der Waals surface area contributed by atoms with E-state index in [0.717, 1.165) is 17.8 Å². The van der Waals surface area contributed by atoms with Gasteiger partial charge < -0.3 is 4.90 Å². The van der Waals surface area contributed by atoms with Crippen molar-refractivity contribution < 1.29 is 4.79 Å². The predicted molar refractivity (Wildman–Crippen MR) is 73.6 cm³/mol. The Hall–Kier alpha value is -2.09. The van der Waals surface area contributed by atoms with Crippen molar-refractivity contribution in [3.8, 4) is 11.1 Å². The number of hydrogen-bond acceptors (Lipinski definition) is 1. The highest BCUT2D eigenvalue weighted by molar-refractivity contribution is 6.01. The fourth-order valence-electron chi connectivity index (χ4n) is 2.54. The monoisotopic (exact) mass is 237 g/mol. The highest BCUT2D eigenvalue weighted by Crippen LogP contribution is 2.32. The minimum absolute atomic E-state index is 0.206. The van der Waals surface area contributed by atoms with Crippen molar-refractivity contribution in [2.75, 3.05) is 11.4 Å². The molecule has 0 aromatic heterocycles. The van der Waals surface area contributed by atoms with Crippen LogP contribution in [0.2, 0.25) is 0 Å². The number of carbonyl (C=O) groups is 1. The van der Waals surface area contributed by atoms with Crippen LogP contribution in [0.3, 0.4) is 0 Å². The quantitative estimate of drug-likeness (QED) is 0.785. The summed E-state index contributed by atoms with van der Waals surface area (Å²) in [6.45, 7) is 2.76. The zero-order valence-electron chi connectivity index (χ0n) is 10.4. The molecule has 2 aromatic carbocycles. The summed E-state index contributed by atoms with van der Waals surface area (Å²) in [6.07, 6.45) is 0.532. The summed E-state index contributed by atoms with van der Waals surface area (Å²) in [7, 11) is 0. The van der Waals surface area contributed by atoms with Crippen molar-refractivity contribution >= 4 is 11.6 Å². The van der Waals surface area contributed by atoms with Gasteiger partial charge in [-0.05, 0) is 35.7 Å². The number of rotatable bonds is 2. The van der Waals surface area contributed by atoms with Crippen LogP contribution in [0.15, 0.2) is 48.5 Å². The molecule has 1 heterocycles. The summed E-state index contributed by atoms with van der Waals surface area (Å²) in [5.41, 5.74) is 4.59. The molecule has 0 saturated heterocycles. The Kier molecular flexibility index (Phi) is 2.63. The summed E-state index contributed by atoms with van der Waals surface area (Å²) in [4.78, 5) is 13.7. The third kappa shape index (κ3) is 1.70. The Morgan fingerprint density at radius 2 is 1.83 bits per heavy atom. The molecule has 0 atom stereocenters. The van der Waals surface area contributed by atoms with E-state index < -0.39 is 0 Å². The number of anilines is 1. The molecule has 0 spiro atoms. The predicted octanol–water partition coefficient (Wildman–Crippen LogP) is 3.26. The molecule has 1 amide bonds. The van der Waals surface area contributed by atoms with Crippen LogP contribution in [0, 0.1) is 0 Å². The zero-order valence-corrected chi connectivity index (χ0v) is 10.4. The summed E-state index contributed by atoms with van der Waals surface area (Å²) in [5.74, 6) is 0.206. The summed E-state index contributed by atoms with van der Waals surface area (Å²) in [6, 6.07) is 16.6. The summed E-state index contributed by atoms with van der Waals surface area (Å²) in [5, 5.41) is 0. The van der Waals surface area contributed by atoms with E-state index in [4.69, 9.17) is 0 Å². The van der Waals surface area contributed by atoms with Gasteiger partial charge in [-0.3, -0.25) is 4.79 Å². The molecular weight excluding hydrogens is 222 g/mol. The van der Waals surface area contributed by atoms with E-state index in [1.165, 1.54) is 11.1 Å². The van der Waals surface area contributed by atoms with Crippen LogP contribution >= 0.6 is 0 Å². The Balaban J connectivity index is 2.04. The Bertz CT molecular complexity index is 589. The van der Waals surface area contributed by atoms with Crippen LogP contribution < -0.4 is 4.90 Å². The van der Waals surface area contributed by atoms with Gasteiger partial charge in [0.15, 0.2) is 0 Å². The van der Waals surface area contributed by atoms with E-state index >= 15 is 0 Å². The lowest BCUT2D eigenvalue weighted by molar-refractivity contribution is -0.117. The number of nitrogens with zero attached hydrogens (tertiary/aromatic N) is 1. The topological polar surface area (TPSA) is 20.3 Å². The molecule has 2 aromatic rings. The number of benzene rings is 2. The first-order valence-corrected chi connectivity index (χ1v) is 6.28. The molecule has 0 fully saturated rings. The second kappa shape index (κ2) is 4.30. The van der Waals surface area contributed by atoms with E-state index in [0.29, 0.717) is 6.42 Å². The number of hydrogen-bond donors (Lipinski definition) is 0. The fourth-order valence-corrected chi connectivity index (χ4v) is 2.54. The van der Waals surface area contributed by atoms with E-state index in [2.05, 4.69) is 30.3 Å². The molecule has 0 bridgehead atoms. The van der Waals surface area contributed by atoms with Crippen LogP contribution in [0.5, 0.6) is 0 Å². The van der Waals surface area contributed by atoms with E-state index in [9.17, 15) is 4.79 Å². The van der Waals surface area contributed by atoms with Gasteiger partial charge in [-0.2, -0.15) is 0 Å². The second-order valence-electron chi connectivity index (χ2n) is 4.52. The molecule has 1 aliphatic rings. The van der Waals surface area contributed by atoms with Crippen LogP contribution in [-0.2, 0) is 11.2 Å². The lowest BCUT2D eigenvalue weighted by Crippen LogP contribution is -2.25. The zero-order chi connectivity index (χ0) is 12.5. The molecule has 2 nitrogen and oxygen atoms in total. The lowest BCUT2D eigenvalue weighted by Gasteiger charge is -2.14. The molecule has 18 heavy (non-hydrogen) atoms. The molecule has 1 aliphatic heterocycles. The normalized spacial score (nSPS) is 13.8. The van der Waals surface area contributed by atoms with Crippen LogP contribution in [-0.4, -0.2) is 12.5 Å². The van der Waals surface area contributed by atoms with E-state index in [-0.39, 0.29) is 5.91 Å². The number of carbonyl (C=O) groups excluding carboxylic acids is 1. The Morgan fingerprint density at radius 3 is 2.56 bits per heavy atom. The van der Waals surface area contributed by atoms with Gasteiger partial charge in [-0.25, -0.2) is 0 Å². The molecule has 2 heteroatoms. The van der Waals surface area contributed by atoms with Gasteiger partial charge in [0, 0.05) is 12.2 Å². The molecule has 0 radical (unpaired) electrons.